The van der Waals surface area contributed by atoms with E-state index in [1.54, 1.807) is 7.05 Å². The van der Waals surface area contributed by atoms with Crippen LogP contribution in [0.3, 0.4) is 0 Å². The van der Waals surface area contributed by atoms with Crippen molar-refractivity contribution in [2.24, 2.45) is 5.73 Å². The number of carbonyl (C=O) groups excluding carboxylic acids is 1. The van der Waals surface area contributed by atoms with E-state index in [1.807, 2.05) is 18.2 Å². The van der Waals surface area contributed by atoms with Crippen LogP contribution >= 0.6 is 0 Å². The van der Waals surface area contributed by atoms with Crippen LogP contribution in [0.1, 0.15) is 38.2 Å². The Morgan fingerprint density at radius 1 is 1.42 bits per heavy atom. The summed E-state index contributed by atoms with van der Waals surface area (Å²) in [4.78, 5) is 11.1. The Balaban J connectivity index is 2.60. The van der Waals surface area contributed by atoms with Gasteiger partial charge < -0.3 is 15.8 Å². The Hall–Kier alpha value is -1.55. The van der Waals surface area contributed by atoms with Gasteiger partial charge >= 0.3 is 0 Å². The van der Waals surface area contributed by atoms with Gasteiger partial charge in [-0.3, -0.25) is 4.79 Å². The zero-order valence-electron chi connectivity index (χ0n) is 12.0. The second-order valence-corrected chi connectivity index (χ2v) is 4.73. The third-order valence-corrected chi connectivity index (χ3v) is 3.42. The highest BCUT2D eigenvalue weighted by Gasteiger charge is 2.14. The number of ether oxygens (including phenoxy) is 1. The van der Waals surface area contributed by atoms with E-state index in [0.717, 1.165) is 12.2 Å². The minimum Gasteiger partial charge on any atom is -0.493 e. The summed E-state index contributed by atoms with van der Waals surface area (Å²) >= 11 is 0. The molecule has 3 N–H and O–H groups in total. The number of para-hydroxylation sites is 1. The van der Waals surface area contributed by atoms with Gasteiger partial charge in [-0.2, -0.15) is 0 Å². The van der Waals surface area contributed by atoms with E-state index < -0.39 is 0 Å². The second-order valence-electron chi connectivity index (χ2n) is 4.73. The molecule has 1 aromatic carbocycles. The summed E-state index contributed by atoms with van der Waals surface area (Å²) < 4.78 is 5.79. The van der Waals surface area contributed by atoms with Gasteiger partial charge in [-0.05, 0) is 31.0 Å². The molecule has 0 aliphatic heterocycles. The van der Waals surface area contributed by atoms with Crippen molar-refractivity contribution in [3.05, 3.63) is 29.8 Å². The summed E-state index contributed by atoms with van der Waals surface area (Å²) in [7, 11) is 1.72. The van der Waals surface area contributed by atoms with E-state index in [0.29, 0.717) is 18.9 Å². The van der Waals surface area contributed by atoms with Crippen LogP contribution in [0.25, 0.3) is 0 Å². The molecule has 4 nitrogen and oxygen atoms in total. The van der Waals surface area contributed by atoms with E-state index in [-0.39, 0.29) is 11.9 Å². The lowest BCUT2D eigenvalue weighted by Crippen LogP contribution is -2.40. The van der Waals surface area contributed by atoms with Gasteiger partial charge in [-0.1, -0.05) is 32.0 Å². The average molecular weight is 264 g/mol. The Morgan fingerprint density at radius 2 is 2.11 bits per heavy atom. The quantitative estimate of drug-likeness (QED) is 0.755. The van der Waals surface area contributed by atoms with E-state index in [4.69, 9.17) is 10.5 Å². The molecule has 106 valence electrons. The first-order chi connectivity index (χ1) is 9.10. The molecular weight excluding hydrogens is 240 g/mol. The third kappa shape index (κ3) is 4.56. The fourth-order valence-corrected chi connectivity index (χ4v) is 1.95. The standard InChI is InChI=1S/C15H24N2O2/c1-4-11(2)12-7-5-6-8-14(12)19-10-9-13(17-3)15(16)18/h5-8,11,13,17H,4,9-10H2,1-3H3,(H2,16,18). The monoisotopic (exact) mass is 264 g/mol. The predicted octanol–water partition coefficient (Wildman–Crippen LogP) is 2.04. The van der Waals surface area contributed by atoms with Crippen LogP contribution in [-0.4, -0.2) is 25.6 Å². The number of rotatable bonds is 8. The Bertz CT molecular complexity index is 407. The number of nitrogens with one attached hydrogen (secondary N) is 1. The normalized spacial score (nSPS) is 13.8. The summed E-state index contributed by atoms with van der Waals surface area (Å²) in [6.07, 6.45) is 1.64. The van der Waals surface area contributed by atoms with Crippen molar-refractivity contribution in [2.45, 2.75) is 38.6 Å². The summed E-state index contributed by atoms with van der Waals surface area (Å²) in [5, 5.41) is 2.88. The molecule has 0 bridgehead atoms. The highest BCUT2D eigenvalue weighted by atomic mass is 16.5. The number of hydrogen-bond acceptors (Lipinski definition) is 3. The van der Waals surface area contributed by atoms with Crippen molar-refractivity contribution in [1.29, 1.82) is 0 Å². The fraction of sp³-hybridized carbons (Fsp3) is 0.533. The SMILES string of the molecule is CCC(C)c1ccccc1OCCC(NC)C(N)=O. The Morgan fingerprint density at radius 3 is 2.68 bits per heavy atom. The molecule has 1 rings (SSSR count). The molecule has 0 aliphatic rings. The van der Waals surface area contributed by atoms with Crippen LogP contribution in [0.5, 0.6) is 5.75 Å². The number of amides is 1. The molecule has 0 radical (unpaired) electrons. The average Bonchev–Trinajstić information content (AvgIpc) is 2.42. The summed E-state index contributed by atoms with van der Waals surface area (Å²) in [6, 6.07) is 7.71. The molecule has 0 saturated carbocycles. The predicted molar refractivity (Wildman–Crippen MR) is 77.3 cm³/mol. The Labute approximate surface area is 115 Å². The van der Waals surface area contributed by atoms with Gasteiger partial charge in [0.1, 0.15) is 5.75 Å². The number of benzene rings is 1. The van der Waals surface area contributed by atoms with Crippen LogP contribution in [0, 0.1) is 0 Å². The molecule has 0 aliphatic carbocycles. The summed E-state index contributed by atoms with van der Waals surface area (Å²) in [5.74, 6) is 1.02. The molecule has 4 heteroatoms. The maximum Gasteiger partial charge on any atom is 0.234 e. The van der Waals surface area contributed by atoms with Crippen molar-refractivity contribution in [3.8, 4) is 5.75 Å². The number of likely N-dealkylation sites (N-methyl/N-ethyl adjacent to an activating group) is 1. The summed E-state index contributed by atoms with van der Waals surface area (Å²) in [6.45, 7) is 4.81. The van der Waals surface area contributed by atoms with Crippen LogP contribution in [-0.2, 0) is 4.79 Å². The van der Waals surface area contributed by atoms with Gasteiger partial charge in [0.2, 0.25) is 5.91 Å². The van der Waals surface area contributed by atoms with Crippen molar-refractivity contribution >= 4 is 5.91 Å². The Kier molecular flexibility index (Phi) is 6.36. The molecule has 0 aromatic heterocycles. The molecule has 0 heterocycles. The number of nitrogens with two attached hydrogens (primary N) is 1. The highest BCUT2D eigenvalue weighted by Crippen LogP contribution is 2.28. The lowest BCUT2D eigenvalue weighted by molar-refractivity contribution is -0.120. The highest BCUT2D eigenvalue weighted by molar-refractivity contribution is 5.79. The van der Waals surface area contributed by atoms with Crippen molar-refractivity contribution in [2.75, 3.05) is 13.7 Å². The van der Waals surface area contributed by atoms with Crippen molar-refractivity contribution in [3.63, 3.8) is 0 Å². The number of carbonyl (C=O) groups is 1. The smallest absolute Gasteiger partial charge is 0.234 e. The molecule has 2 unspecified atom stereocenters. The fourth-order valence-electron chi connectivity index (χ4n) is 1.95. The van der Waals surface area contributed by atoms with Crippen LogP contribution in [0.15, 0.2) is 24.3 Å². The molecule has 19 heavy (non-hydrogen) atoms. The van der Waals surface area contributed by atoms with E-state index >= 15 is 0 Å². The third-order valence-electron chi connectivity index (χ3n) is 3.42. The maximum absolute atomic E-state index is 11.1. The molecule has 0 saturated heterocycles. The zero-order chi connectivity index (χ0) is 14.3. The van der Waals surface area contributed by atoms with Gasteiger partial charge in [0.05, 0.1) is 12.6 Å². The molecule has 0 spiro atoms. The van der Waals surface area contributed by atoms with E-state index in [1.165, 1.54) is 5.56 Å². The van der Waals surface area contributed by atoms with Gasteiger partial charge in [0.15, 0.2) is 0 Å². The van der Waals surface area contributed by atoms with Crippen LogP contribution in [0.4, 0.5) is 0 Å². The molecule has 1 aromatic rings. The van der Waals surface area contributed by atoms with E-state index in [2.05, 4.69) is 25.2 Å². The van der Waals surface area contributed by atoms with E-state index in [9.17, 15) is 4.79 Å². The lowest BCUT2D eigenvalue weighted by atomic mass is 9.98. The van der Waals surface area contributed by atoms with Crippen molar-refractivity contribution in [1.82, 2.24) is 5.32 Å². The van der Waals surface area contributed by atoms with Gasteiger partial charge in [0.25, 0.3) is 0 Å². The number of hydrogen-bond donors (Lipinski definition) is 2. The maximum atomic E-state index is 11.1. The molecular formula is C15H24N2O2. The topological polar surface area (TPSA) is 64.3 Å². The first-order valence-electron chi connectivity index (χ1n) is 6.78. The van der Waals surface area contributed by atoms with Crippen LogP contribution in [0.2, 0.25) is 0 Å². The van der Waals surface area contributed by atoms with Crippen molar-refractivity contribution < 1.29 is 9.53 Å². The lowest BCUT2D eigenvalue weighted by Gasteiger charge is -2.17. The minimum absolute atomic E-state index is 0.337. The first kappa shape index (κ1) is 15.5. The zero-order valence-corrected chi connectivity index (χ0v) is 12.0. The number of primary amides is 1. The molecule has 1 amide bonds. The second kappa shape index (κ2) is 7.79. The molecule has 2 atom stereocenters. The molecule has 0 fully saturated rings. The minimum atomic E-state index is -0.346. The summed E-state index contributed by atoms with van der Waals surface area (Å²) in [5.41, 5.74) is 6.48. The van der Waals surface area contributed by atoms with Gasteiger partial charge in [-0.25, -0.2) is 0 Å². The first-order valence-corrected chi connectivity index (χ1v) is 6.78. The van der Waals surface area contributed by atoms with Gasteiger partial charge in [-0.15, -0.1) is 0 Å². The van der Waals surface area contributed by atoms with Gasteiger partial charge in [0, 0.05) is 6.42 Å². The van der Waals surface area contributed by atoms with Crippen LogP contribution < -0.4 is 15.8 Å². The largest absolute Gasteiger partial charge is 0.493 e.